The van der Waals surface area contributed by atoms with E-state index < -0.39 is 19.0 Å². The van der Waals surface area contributed by atoms with E-state index in [0.717, 1.165) is 0 Å². The Morgan fingerprint density at radius 3 is 3.25 bits per heavy atom. The average molecular weight is 123 g/mol. The molecular weight excluding hydrogens is 109 g/mol. The van der Waals surface area contributed by atoms with Gasteiger partial charge in [0.25, 0.3) is 0 Å². The first kappa shape index (κ1) is 2.62. The van der Waals surface area contributed by atoms with E-state index in [9.17, 15) is 4.39 Å². The molecule has 3 heteroatoms. The van der Waals surface area contributed by atoms with E-state index in [2.05, 4.69) is 0 Å². The normalized spacial score (nSPS) is 53.0. The van der Waals surface area contributed by atoms with Crippen molar-refractivity contribution in [3.05, 3.63) is 0 Å². The molecule has 1 heterocycles. The predicted octanol–water partition coefficient (Wildman–Crippen LogP) is 0.809. The Morgan fingerprint density at radius 2 is 2.62 bits per heavy atom. The van der Waals surface area contributed by atoms with Crippen LogP contribution in [0.5, 0.6) is 0 Å². The molecule has 1 fully saturated rings. The molecule has 1 N–H and O–H groups in total. The third-order valence-electron chi connectivity index (χ3n) is 0.945. The van der Waals surface area contributed by atoms with Crippen LogP contribution in [-0.4, -0.2) is 29.5 Å². The van der Waals surface area contributed by atoms with Gasteiger partial charge in [-0.05, 0) is 12.8 Å². The molecule has 0 bridgehead atoms. The number of hydrogen-bond donors (Lipinski definition) is 1. The second-order valence-corrected chi connectivity index (χ2v) is 1.64. The van der Waals surface area contributed by atoms with Gasteiger partial charge in [-0.25, -0.2) is 4.39 Å². The molecule has 0 spiro atoms. The number of halogens is 1. The molecule has 1 saturated heterocycles. The summed E-state index contributed by atoms with van der Waals surface area (Å²) in [6, 6.07) is 0. The minimum atomic E-state index is -2.65. The third kappa shape index (κ3) is 1.42. The zero-order valence-electron chi connectivity index (χ0n) is 8.26. The highest BCUT2D eigenvalue weighted by atomic mass is 19.1. The van der Waals surface area contributed by atoms with Gasteiger partial charge in [-0.1, -0.05) is 0 Å². The SMILES string of the molecule is [2H]C1([2H])C(F)CCN(O)C1([2H])[2H]. The molecule has 8 heavy (non-hydrogen) atoms. The molecule has 0 aromatic heterocycles. The van der Waals surface area contributed by atoms with Crippen LogP contribution in [0.15, 0.2) is 0 Å². The number of alkyl halides is 1. The summed E-state index contributed by atoms with van der Waals surface area (Å²) < 4.78 is 41.2. The molecule has 0 saturated carbocycles. The summed E-state index contributed by atoms with van der Waals surface area (Å²) in [5.41, 5.74) is 0. The standard InChI is InChI=1S/C5H10FNO/c6-5-1-3-7(8)4-2-5/h5,8H,1-4H2/i1D2,3D2. The van der Waals surface area contributed by atoms with Gasteiger partial charge >= 0.3 is 0 Å². The fourth-order valence-corrected chi connectivity index (χ4v) is 0.508. The lowest BCUT2D eigenvalue weighted by Crippen LogP contribution is -2.31. The fraction of sp³-hybridized carbons (Fsp3) is 1.00. The van der Waals surface area contributed by atoms with Crippen molar-refractivity contribution in [1.29, 1.82) is 0 Å². The average Bonchev–Trinajstić information content (AvgIpc) is 1.96. The number of nitrogens with zero attached hydrogens (tertiary/aromatic N) is 1. The minimum absolute atomic E-state index is 0.187. The van der Waals surface area contributed by atoms with Crippen LogP contribution in [0.2, 0.25) is 0 Å². The molecule has 1 unspecified atom stereocenters. The van der Waals surface area contributed by atoms with E-state index in [1.165, 1.54) is 0 Å². The fourth-order valence-electron chi connectivity index (χ4n) is 0.508. The van der Waals surface area contributed by atoms with Gasteiger partial charge in [0.2, 0.25) is 0 Å². The number of rotatable bonds is 0. The molecule has 1 atom stereocenters. The second kappa shape index (κ2) is 2.42. The van der Waals surface area contributed by atoms with Gasteiger partial charge in [-0.15, -0.1) is 0 Å². The molecular formula is C5H10FNO. The Labute approximate surface area is 53.5 Å². The van der Waals surface area contributed by atoms with Gasteiger partial charge in [0.1, 0.15) is 6.17 Å². The molecule has 0 aromatic rings. The second-order valence-electron chi connectivity index (χ2n) is 1.64. The van der Waals surface area contributed by atoms with Gasteiger partial charge < -0.3 is 5.21 Å². The first-order valence-electron chi connectivity index (χ1n) is 4.40. The van der Waals surface area contributed by atoms with Crippen molar-refractivity contribution in [3.63, 3.8) is 0 Å². The van der Waals surface area contributed by atoms with Crippen LogP contribution in [0.1, 0.15) is 18.3 Å². The number of hydrogen-bond acceptors (Lipinski definition) is 2. The number of piperidine rings is 1. The highest BCUT2D eigenvalue weighted by Crippen LogP contribution is 2.10. The van der Waals surface area contributed by atoms with Crippen LogP contribution in [-0.2, 0) is 0 Å². The van der Waals surface area contributed by atoms with E-state index in [4.69, 9.17) is 10.7 Å². The van der Waals surface area contributed by atoms with Crippen molar-refractivity contribution in [3.8, 4) is 0 Å². The first-order chi connectivity index (χ1) is 5.30. The lowest BCUT2D eigenvalue weighted by Gasteiger charge is -2.21. The van der Waals surface area contributed by atoms with E-state index in [0.29, 0.717) is 0 Å². The maximum atomic E-state index is 12.9. The lowest BCUT2D eigenvalue weighted by molar-refractivity contribution is -0.113. The summed E-state index contributed by atoms with van der Waals surface area (Å²) in [6.07, 6.45) is -4.71. The molecule has 0 aromatic carbocycles. The maximum absolute atomic E-state index is 12.9. The summed E-state index contributed by atoms with van der Waals surface area (Å²) >= 11 is 0. The minimum Gasteiger partial charge on any atom is -0.314 e. The zero-order chi connectivity index (χ0) is 9.57. The first-order valence-corrected chi connectivity index (χ1v) is 2.40. The van der Waals surface area contributed by atoms with Gasteiger partial charge in [-0.3, -0.25) is 0 Å². The smallest absolute Gasteiger partial charge is 0.103 e. The van der Waals surface area contributed by atoms with Gasteiger partial charge in [0, 0.05) is 18.5 Å². The third-order valence-corrected chi connectivity index (χ3v) is 0.945. The Morgan fingerprint density at radius 1 is 1.88 bits per heavy atom. The molecule has 1 aliphatic rings. The largest absolute Gasteiger partial charge is 0.314 e. The highest BCUT2D eigenvalue weighted by Gasteiger charge is 2.15. The van der Waals surface area contributed by atoms with Crippen molar-refractivity contribution in [2.75, 3.05) is 13.0 Å². The number of hydroxylamine groups is 2. The quantitative estimate of drug-likeness (QED) is 0.515. The van der Waals surface area contributed by atoms with Crippen LogP contribution >= 0.6 is 0 Å². The van der Waals surface area contributed by atoms with Crippen molar-refractivity contribution in [2.24, 2.45) is 0 Å². The van der Waals surface area contributed by atoms with E-state index in [1.54, 1.807) is 0 Å². The molecule has 0 aliphatic carbocycles. The van der Waals surface area contributed by atoms with Gasteiger partial charge in [0.15, 0.2) is 0 Å². The Hall–Kier alpha value is -0.150. The molecule has 0 radical (unpaired) electrons. The summed E-state index contributed by atoms with van der Waals surface area (Å²) in [4.78, 5) is 0. The van der Waals surface area contributed by atoms with Gasteiger partial charge in [0.05, 0.1) is 0 Å². The topological polar surface area (TPSA) is 23.5 Å². The summed E-state index contributed by atoms with van der Waals surface area (Å²) in [7, 11) is 0. The van der Waals surface area contributed by atoms with Crippen LogP contribution in [0, 0.1) is 0 Å². The zero-order valence-corrected chi connectivity index (χ0v) is 4.26. The Kier molecular flexibility index (Phi) is 0.792. The maximum Gasteiger partial charge on any atom is 0.103 e. The lowest BCUT2D eigenvalue weighted by atomic mass is 10.1. The Bertz CT molecular complexity index is 168. The van der Waals surface area contributed by atoms with E-state index in [1.807, 2.05) is 0 Å². The van der Waals surface area contributed by atoms with Gasteiger partial charge in [-0.2, -0.15) is 5.06 Å². The van der Waals surface area contributed by atoms with Crippen LogP contribution in [0.3, 0.4) is 0 Å². The van der Waals surface area contributed by atoms with Crippen LogP contribution in [0.4, 0.5) is 4.39 Å². The predicted molar refractivity (Wildman–Crippen MR) is 27.5 cm³/mol. The summed E-state index contributed by atoms with van der Waals surface area (Å²) in [6.45, 7) is -2.83. The van der Waals surface area contributed by atoms with Crippen LogP contribution in [0.25, 0.3) is 0 Å². The van der Waals surface area contributed by atoms with Crippen molar-refractivity contribution < 1.29 is 15.1 Å². The van der Waals surface area contributed by atoms with Crippen molar-refractivity contribution in [2.45, 2.75) is 19.0 Å². The highest BCUT2D eigenvalue weighted by molar-refractivity contribution is 4.64. The summed E-state index contributed by atoms with van der Waals surface area (Å²) in [5.74, 6) is 0. The molecule has 2 nitrogen and oxygen atoms in total. The van der Waals surface area contributed by atoms with E-state index in [-0.39, 0.29) is 18.0 Å². The molecule has 0 amide bonds. The van der Waals surface area contributed by atoms with Crippen molar-refractivity contribution >= 4 is 0 Å². The summed E-state index contributed by atoms with van der Waals surface area (Å²) in [5, 5.41) is 9.15. The van der Waals surface area contributed by atoms with E-state index >= 15 is 0 Å². The molecule has 1 rings (SSSR count). The molecule has 1 aliphatic heterocycles. The van der Waals surface area contributed by atoms with Crippen molar-refractivity contribution in [1.82, 2.24) is 5.06 Å². The Balaban J connectivity index is 2.92. The van der Waals surface area contributed by atoms with Crippen LogP contribution < -0.4 is 0 Å². The monoisotopic (exact) mass is 123 g/mol. The molecule has 48 valence electrons.